The van der Waals surface area contributed by atoms with Crippen molar-refractivity contribution >= 4 is 29.4 Å². The number of carbonyl (C=O) groups excluding carboxylic acids is 1. The van der Waals surface area contributed by atoms with Crippen LogP contribution in [-0.4, -0.2) is 39.5 Å². The highest BCUT2D eigenvalue weighted by atomic mass is 35.5. The third-order valence-corrected chi connectivity index (χ3v) is 4.28. The fraction of sp³-hybridized carbons (Fsp3) is 0.292. The molecule has 0 N–H and O–H groups in total. The summed E-state index contributed by atoms with van der Waals surface area (Å²) in [7, 11) is 1.68. The molecule has 0 amide bonds. The van der Waals surface area contributed by atoms with Gasteiger partial charge in [0.05, 0.1) is 6.61 Å². The van der Waals surface area contributed by atoms with Crippen molar-refractivity contribution in [2.75, 3.05) is 33.5 Å². The van der Waals surface area contributed by atoms with Gasteiger partial charge in [0.2, 0.25) is 0 Å². The first kappa shape index (κ1) is 23.7. The van der Waals surface area contributed by atoms with E-state index in [0.29, 0.717) is 43.0 Å². The molecule has 0 unspecified atom stereocenters. The molecule has 0 aliphatic heterocycles. The Kier molecular flexibility index (Phi) is 10.7. The first-order valence-electron chi connectivity index (χ1n) is 9.73. The zero-order valence-electron chi connectivity index (χ0n) is 17.1. The molecular formula is C24H27ClO5. The summed E-state index contributed by atoms with van der Waals surface area (Å²) in [5.41, 5.74) is 1.75. The second kappa shape index (κ2) is 13.6. The molecule has 0 bridgehead atoms. The summed E-state index contributed by atoms with van der Waals surface area (Å²) in [6, 6.07) is 14.2. The van der Waals surface area contributed by atoms with Gasteiger partial charge in [-0.1, -0.05) is 42.4 Å². The predicted octanol–water partition coefficient (Wildman–Crippen LogP) is 5.39. The van der Waals surface area contributed by atoms with E-state index in [1.807, 2.05) is 24.3 Å². The van der Waals surface area contributed by atoms with Gasteiger partial charge < -0.3 is 18.9 Å². The Labute approximate surface area is 182 Å². The van der Waals surface area contributed by atoms with E-state index in [0.717, 1.165) is 24.0 Å². The molecule has 2 aromatic carbocycles. The van der Waals surface area contributed by atoms with Crippen molar-refractivity contribution < 1.29 is 23.7 Å². The van der Waals surface area contributed by atoms with Gasteiger partial charge in [0.25, 0.3) is 0 Å². The van der Waals surface area contributed by atoms with E-state index < -0.39 is 5.97 Å². The normalized spacial score (nSPS) is 10.9. The number of benzene rings is 2. The highest BCUT2D eigenvalue weighted by molar-refractivity contribution is 6.30. The monoisotopic (exact) mass is 430 g/mol. The van der Waals surface area contributed by atoms with Crippen molar-refractivity contribution in [3.05, 3.63) is 77.3 Å². The van der Waals surface area contributed by atoms with E-state index in [2.05, 4.69) is 6.58 Å². The second-order valence-electron chi connectivity index (χ2n) is 6.41. The highest BCUT2D eigenvalue weighted by Gasteiger charge is 2.02. The molecule has 0 fully saturated rings. The van der Waals surface area contributed by atoms with Gasteiger partial charge in [-0.3, -0.25) is 0 Å². The third kappa shape index (κ3) is 9.27. The van der Waals surface area contributed by atoms with E-state index in [-0.39, 0.29) is 0 Å². The maximum absolute atomic E-state index is 11.9. The Balaban J connectivity index is 1.70. The van der Waals surface area contributed by atoms with Crippen molar-refractivity contribution in [1.82, 2.24) is 0 Å². The smallest absolute Gasteiger partial charge is 0.336 e. The van der Waals surface area contributed by atoms with Crippen molar-refractivity contribution in [2.24, 2.45) is 0 Å². The van der Waals surface area contributed by atoms with Gasteiger partial charge in [0, 0.05) is 50.0 Å². The van der Waals surface area contributed by atoms with E-state index in [4.69, 9.17) is 30.5 Å². The summed E-state index contributed by atoms with van der Waals surface area (Å²) in [5, 5.41) is 0.585. The van der Waals surface area contributed by atoms with Crippen LogP contribution in [0, 0.1) is 0 Å². The number of carbonyl (C=O) groups is 1. The van der Waals surface area contributed by atoms with Gasteiger partial charge in [-0.15, -0.1) is 0 Å². The number of rotatable bonds is 13. The fourth-order valence-electron chi connectivity index (χ4n) is 2.44. The number of halogens is 1. The second-order valence-corrected chi connectivity index (χ2v) is 6.85. The Bertz CT molecular complexity index is 812. The van der Waals surface area contributed by atoms with Gasteiger partial charge in [-0.2, -0.15) is 0 Å². The third-order valence-electron chi connectivity index (χ3n) is 4.02. The molecule has 0 saturated heterocycles. The molecule has 0 aliphatic carbocycles. The quantitative estimate of drug-likeness (QED) is 0.140. The van der Waals surface area contributed by atoms with Gasteiger partial charge in [-0.25, -0.2) is 4.79 Å². The van der Waals surface area contributed by atoms with E-state index in [9.17, 15) is 4.79 Å². The summed E-state index contributed by atoms with van der Waals surface area (Å²) in [6.45, 7) is 6.55. The van der Waals surface area contributed by atoms with Crippen LogP contribution in [0.5, 0.6) is 5.75 Å². The number of hydrogen-bond acceptors (Lipinski definition) is 5. The summed E-state index contributed by atoms with van der Waals surface area (Å²) in [6.07, 6.45) is 4.75. The molecule has 0 aliphatic rings. The summed E-state index contributed by atoms with van der Waals surface area (Å²) in [5.74, 6) is 0.587. The average Bonchev–Trinajstić information content (AvgIpc) is 2.76. The molecule has 160 valence electrons. The highest BCUT2D eigenvalue weighted by Crippen LogP contribution is 2.17. The molecule has 30 heavy (non-hydrogen) atoms. The lowest BCUT2D eigenvalue weighted by Gasteiger charge is -2.10. The average molecular weight is 431 g/mol. The maximum Gasteiger partial charge on any atom is 0.336 e. The molecule has 0 spiro atoms. The van der Waals surface area contributed by atoms with Crippen molar-refractivity contribution in [1.29, 1.82) is 0 Å². The SMILES string of the molecule is C=C(OCCCOCCCOC)c1ccc(/C=C/C(=O)Oc2ccc(Cl)cc2)cc1. The minimum absolute atomic E-state index is 0.443. The summed E-state index contributed by atoms with van der Waals surface area (Å²) < 4.78 is 21.3. The van der Waals surface area contributed by atoms with Crippen LogP contribution in [0.3, 0.4) is 0 Å². The van der Waals surface area contributed by atoms with Crippen LogP contribution in [-0.2, 0) is 19.0 Å². The molecule has 0 atom stereocenters. The Morgan fingerprint density at radius 2 is 1.63 bits per heavy atom. The number of esters is 1. The lowest BCUT2D eigenvalue weighted by Crippen LogP contribution is -2.03. The van der Waals surface area contributed by atoms with Crippen molar-refractivity contribution in [2.45, 2.75) is 12.8 Å². The first-order valence-corrected chi connectivity index (χ1v) is 10.1. The Morgan fingerprint density at radius 1 is 0.967 bits per heavy atom. The van der Waals surface area contributed by atoms with Gasteiger partial charge in [0.15, 0.2) is 0 Å². The zero-order chi connectivity index (χ0) is 21.6. The van der Waals surface area contributed by atoms with E-state index in [1.54, 1.807) is 37.5 Å². The number of methoxy groups -OCH3 is 1. The van der Waals surface area contributed by atoms with Crippen LogP contribution in [0.2, 0.25) is 5.02 Å². The Morgan fingerprint density at radius 3 is 2.30 bits per heavy atom. The molecule has 0 saturated carbocycles. The summed E-state index contributed by atoms with van der Waals surface area (Å²) >= 11 is 5.81. The molecule has 0 aromatic heterocycles. The largest absolute Gasteiger partial charge is 0.494 e. The van der Waals surface area contributed by atoms with Crippen LogP contribution < -0.4 is 4.74 Å². The number of ether oxygens (including phenoxy) is 4. The molecule has 2 rings (SSSR count). The van der Waals surface area contributed by atoms with Crippen LogP contribution in [0.4, 0.5) is 0 Å². The van der Waals surface area contributed by atoms with Gasteiger partial charge >= 0.3 is 5.97 Å². The predicted molar refractivity (Wildman–Crippen MR) is 119 cm³/mol. The minimum atomic E-state index is -0.460. The fourth-order valence-corrected chi connectivity index (χ4v) is 2.57. The molecule has 0 heterocycles. The first-order chi connectivity index (χ1) is 14.6. The molecule has 5 nitrogen and oxygen atoms in total. The summed E-state index contributed by atoms with van der Waals surface area (Å²) in [4.78, 5) is 11.9. The lowest BCUT2D eigenvalue weighted by atomic mass is 10.1. The molecule has 0 radical (unpaired) electrons. The van der Waals surface area contributed by atoms with E-state index in [1.165, 1.54) is 6.08 Å². The van der Waals surface area contributed by atoms with Crippen LogP contribution in [0.1, 0.15) is 24.0 Å². The van der Waals surface area contributed by atoms with Crippen molar-refractivity contribution in [3.8, 4) is 5.75 Å². The lowest BCUT2D eigenvalue weighted by molar-refractivity contribution is -0.128. The number of hydrogen-bond donors (Lipinski definition) is 0. The zero-order valence-corrected chi connectivity index (χ0v) is 17.9. The Hall–Kier alpha value is -2.60. The van der Waals surface area contributed by atoms with Crippen LogP contribution >= 0.6 is 11.6 Å². The molecule has 2 aromatic rings. The topological polar surface area (TPSA) is 54.0 Å². The maximum atomic E-state index is 11.9. The van der Waals surface area contributed by atoms with Crippen LogP contribution in [0.25, 0.3) is 11.8 Å². The van der Waals surface area contributed by atoms with Crippen LogP contribution in [0.15, 0.2) is 61.2 Å². The van der Waals surface area contributed by atoms with Gasteiger partial charge in [0.1, 0.15) is 11.5 Å². The minimum Gasteiger partial charge on any atom is -0.494 e. The molecular weight excluding hydrogens is 404 g/mol. The van der Waals surface area contributed by atoms with E-state index >= 15 is 0 Å². The molecule has 6 heteroatoms. The van der Waals surface area contributed by atoms with Gasteiger partial charge in [-0.05, 0) is 42.3 Å². The van der Waals surface area contributed by atoms with Crippen molar-refractivity contribution in [3.63, 3.8) is 0 Å². The standard InChI is InChI=1S/C24H27ClO5/c1-19(29-18-4-17-28-16-3-15-27-2)21-8-5-20(6-9-21)7-14-24(26)30-23-12-10-22(25)11-13-23/h5-14H,1,3-4,15-18H2,2H3/b14-7+.